The molecule has 1 unspecified atom stereocenters. The zero-order chi connectivity index (χ0) is 23.4. The average Bonchev–Trinajstić information content (AvgIpc) is 3.08. The van der Waals surface area contributed by atoms with Crippen LogP contribution in [0.25, 0.3) is 11.1 Å². The van der Waals surface area contributed by atoms with Gasteiger partial charge in [-0.15, -0.1) is 0 Å². The van der Waals surface area contributed by atoms with Crippen LogP contribution in [0, 0.1) is 11.8 Å². The summed E-state index contributed by atoms with van der Waals surface area (Å²) in [6.45, 7) is 2.66. The molecule has 2 aromatic rings. The number of alkyl carbamates (subject to hydrolysis) is 1. The highest BCUT2D eigenvalue weighted by molar-refractivity contribution is 5.79. The van der Waals surface area contributed by atoms with Crippen LogP contribution in [0.2, 0.25) is 0 Å². The van der Waals surface area contributed by atoms with E-state index in [2.05, 4.69) is 34.9 Å². The summed E-state index contributed by atoms with van der Waals surface area (Å²) < 4.78 is 5.53. The first-order chi connectivity index (χ1) is 15.9. The van der Waals surface area contributed by atoms with Crippen LogP contribution < -0.4 is 10.6 Å². The van der Waals surface area contributed by atoms with Crippen molar-refractivity contribution >= 4 is 18.0 Å². The van der Waals surface area contributed by atoms with Gasteiger partial charge in [0.15, 0.2) is 0 Å². The largest absolute Gasteiger partial charge is 0.481 e. The van der Waals surface area contributed by atoms with E-state index < -0.39 is 12.1 Å². The molecular weight excluding hydrogens is 420 g/mol. The molecule has 2 aliphatic carbocycles. The molecule has 7 nitrogen and oxygen atoms in total. The molecule has 7 heteroatoms. The first-order valence-corrected chi connectivity index (χ1v) is 11.5. The number of carboxylic acids is 1. The lowest BCUT2D eigenvalue weighted by atomic mass is 9.80. The Hall–Kier alpha value is -3.35. The Bertz CT molecular complexity index is 985. The van der Waals surface area contributed by atoms with Gasteiger partial charge in [-0.25, -0.2) is 4.79 Å². The van der Waals surface area contributed by atoms with Crippen molar-refractivity contribution in [2.24, 2.45) is 11.8 Å². The van der Waals surface area contributed by atoms with E-state index in [0.717, 1.165) is 0 Å². The molecular formula is C26H30N2O5. The molecule has 0 saturated heterocycles. The Morgan fingerprint density at radius 3 is 2.24 bits per heavy atom. The molecule has 2 aliphatic rings. The number of aliphatic carboxylic acids is 1. The maximum atomic E-state index is 12.2. The summed E-state index contributed by atoms with van der Waals surface area (Å²) in [5.74, 6) is -1.09. The van der Waals surface area contributed by atoms with Crippen LogP contribution in [-0.4, -0.2) is 42.3 Å². The zero-order valence-electron chi connectivity index (χ0n) is 18.8. The van der Waals surface area contributed by atoms with E-state index in [1.54, 1.807) is 0 Å². The fourth-order valence-electron chi connectivity index (χ4n) is 4.71. The highest BCUT2D eigenvalue weighted by Gasteiger charge is 2.35. The van der Waals surface area contributed by atoms with E-state index in [9.17, 15) is 14.4 Å². The molecule has 0 aliphatic heterocycles. The first kappa shape index (κ1) is 22.8. The van der Waals surface area contributed by atoms with Crippen molar-refractivity contribution in [3.05, 3.63) is 59.7 Å². The molecule has 0 radical (unpaired) electrons. The van der Waals surface area contributed by atoms with Crippen LogP contribution in [0.5, 0.6) is 0 Å². The lowest BCUT2D eigenvalue weighted by molar-refractivity contribution is -0.146. The molecule has 2 aromatic carbocycles. The van der Waals surface area contributed by atoms with Gasteiger partial charge in [-0.1, -0.05) is 55.5 Å². The number of nitrogens with one attached hydrogen (secondary N) is 2. The number of hydrogen-bond acceptors (Lipinski definition) is 4. The monoisotopic (exact) mass is 450 g/mol. The molecule has 2 amide bonds. The van der Waals surface area contributed by atoms with Gasteiger partial charge in [0.05, 0.1) is 5.92 Å². The van der Waals surface area contributed by atoms with Crippen LogP contribution in [0.15, 0.2) is 48.5 Å². The molecule has 4 rings (SSSR count). The van der Waals surface area contributed by atoms with Crippen molar-refractivity contribution in [3.8, 4) is 11.1 Å². The predicted octanol–water partition coefficient (Wildman–Crippen LogP) is 3.92. The standard InChI is InChI=1S/C26H30N2O5/c1-16(12-24(29)28-18-13-17(14-18)25(30)31)10-11-27-26(32)33-15-23-21-8-4-2-6-19(21)20-7-3-5-9-22(20)23/h2-9,16-18,23H,10-15H2,1H3,(H,27,32)(H,28,29)(H,30,31). The number of hydrogen-bond donors (Lipinski definition) is 3. The van der Waals surface area contributed by atoms with Crippen LogP contribution in [0.4, 0.5) is 4.79 Å². The summed E-state index contributed by atoms with van der Waals surface area (Å²) in [6.07, 6.45) is 1.54. The van der Waals surface area contributed by atoms with E-state index in [4.69, 9.17) is 9.84 Å². The molecule has 0 heterocycles. The average molecular weight is 451 g/mol. The lowest BCUT2D eigenvalue weighted by Crippen LogP contribution is -2.47. The maximum absolute atomic E-state index is 12.2. The minimum absolute atomic E-state index is 0.0259. The molecule has 33 heavy (non-hydrogen) atoms. The molecule has 174 valence electrons. The number of amides is 2. The van der Waals surface area contributed by atoms with Crippen molar-refractivity contribution in [1.82, 2.24) is 10.6 Å². The molecule has 1 atom stereocenters. The number of carbonyl (C=O) groups excluding carboxylic acids is 2. The third-order valence-electron chi connectivity index (χ3n) is 6.64. The summed E-state index contributed by atoms with van der Waals surface area (Å²) in [5.41, 5.74) is 4.73. The summed E-state index contributed by atoms with van der Waals surface area (Å²) in [6, 6.07) is 16.4. The van der Waals surface area contributed by atoms with Gasteiger partial charge in [0.1, 0.15) is 6.61 Å². The van der Waals surface area contributed by atoms with Crippen molar-refractivity contribution in [2.45, 2.75) is 44.6 Å². The van der Waals surface area contributed by atoms with Gasteiger partial charge in [0, 0.05) is 24.9 Å². The van der Waals surface area contributed by atoms with Crippen molar-refractivity contribution < 1.29 is 24.2 Å². The van der Waals surface area contributed by atoms with E-state index in [1.807, 2.05) is 31.2 Å². The third-order valence-corrected chi connectivity index (χ3v) is 6.64. The topological polar surface area (TPSA) is 105 Å². The van der Waals surface area contributed by atoms with Gasteiger partial charge in [0.2, 0.25) is 5.91 Å². The SMILES string of the molecule is CC(CCNC(=O)OCC1c2ccccc2-c2ccccc21)CC(=O)NC1CC(C(=O)O)C1. The van der Waals surface area contributed by atoms with Crippen LogP contribution in [0.1, 0.15) is 49.7 Å². The number of benzene rings is 2. The van der Waals surface area contributed by atoms with E-state index >= 15 is 0 Å². The molecule has 0 aromatic heterocycles. The van der Waals surface area contributed by atoms with Gasteiger partial charge in [-0.3, -0.25) is 9.59 Å². The maximum Gasteiger partial charge on any atom is 0.407 e. The number of fused-ring (bicyclic) bond motifs is 3. The third kappa shape index (κ3) is 5.35. The molecule has 0 spiro atoms. The summed E-state index contributed by atoms with van der Waals surface area (Å²) in [5, 5.41) is 14.6. The number of ether oxygens (including phenoxy) is 1. The van der Waals surface area contributed by atoms with Gasteiger partial charge in [-0.2, -0.15) is 0 Å². The van der Waals surface area contributed by atoms with Crippen LogP contribution >= 0.6 is 0 Å². The smallest absolute Gasteiger partial charge is 0.407 e. The lowest BCUT2D eigenvalue weighted by Gasteiger charge is -2.33. The Kier molecular flexibility index (Phi) is 6.96. The van der Waals surface area contributed by atoms with Gasteiger partial charge in [0.25, 0.3) is 0 Å². The second kappa shape index (κ2) is 10.1. The van der Waals surface area contributed by atoms with E-state index in [0.29, 0.717) is 32.2 Å². The highest BCUT2D eigenvalue weighted by Crippen LogP contribution is 2.44. The fraction of sp³-hybridized carbons (Fsp3) is 0.423. The number of rotatable bonds is 9. The van der Waals surface area contributed by atoms with Crippen molar-refractivity contribution in [3.63, 3.8) is 0 Å². The molecule has 1 fully saturated rings. The van der Waals surface area contributed by atoms with E-state index in [1.165, 1.54) is 22.3 Å². The van der Waals surface area contributed by atoms with Crippen molar-refractivity contribution in [2.75, 3.05) is 13.2 Å². The second-order valence-electron chi connectivity index (χ2n) is 9.12. The summed E-state index contributed by atoms with van der Waals surface area (Å²) >= 11 is 0. The number of carboxylic acid groups (broad SMARTS) is 1. The summed E-state index contributed by atoms with van der Waals surface area (Å²) in [4.78, 5) is 35.2. The normalized spacial score (nSPS) is 19.5. The Morgan fingerprint density at radius 2 is 1.64 bits per heavy atom. The molecule has 1 saturated carbocycles. The van der Waals surface area contributed by atoms with Gasteiger partial charge >= 0.3 is 12.1 Å². The molecule has 3 N–H and O–H groups in total. The first-order valence-electron chi connectivity index (χ1n) is 11.5. The predicted molar refractivity (Wildman–Crippen MR) is 124 cm³/mol. The van der Waals surface area contributed by atoms with Crippen molar-refractivity contribution in [1.29, 1.82) is 0 Å². The minimum Gasteiger partial charge on any atom is -0.481 e. The second-order valence-corrected chi connectivity index (χ2v) is 9.12. The fourth-order valence-corrected chi connectivity index (χ4v) is 4.71. The summed E-state index contributed by atoms with van der Waals surface area (Å²) in [7, 11) is 0. The van der Waals surface area contributed by atoms with E-state index in [-0.39, 0.29) is 36.3 Å². The number of carbonyl (C=O) groups is 3. The van der Waals surface area contributed by atoms with Gasteiger partial charge < -0.3 is 20.5 Å². The Labute approximate surface area is 193 Å². The highest BCUT2D eigenvalue weighted by atomic mass is 16.5. The Balaban J connectivity index is 1.16. The Morgan fingerprint density at radius 1 is 1.03 bits per heavy atom. The molecule has 0 bridgehead atoms. The van der Waals surface area contributed by atoms with Crippen LogP contribution in [-0.2, 0) is 14.3 Å². The minimum atomic E-state index is -0.798. The zero-order valence-corrected chi connectivity index (χ0v) is 18.8. The van der Waals surface area contributed by atoms with Crippen LogP contribution in [0.3, 0.4) is 0 Å². The quantitative estimate of drug-likeness (QED) is 0.537. The van der Waals surface area contributed by atoms with Gasteiger partial charge in [-0.05, 0) is 47.4 Å².